The predicted molar refractivity (Wildman–Crippen MR) is 67.4 cm³/mol. The maximum atomic E-state index is 5.58. The molecule has 2 saturated heterocycles. The zero-order valence-corrected chi connectivity index (χ0v) is 10.9. The summed E-state index contributed by atoms with van der Waals surface area (Å²) < 4.78 is 10.9. The Hall–Kier alpha value is -0.200. The van der Waals surface area contributed by atoms with E-state index in [1.54, 1.807) is 0 Å². The van der Waals surface area contributed by atoms with Crippen LogP contribution in [0.25, 0.3) is 0 Å². The minimum absolute atomic E-state index is 0.247. The van der Waals surface area contributed by atoms with Gasteiger partial charge in [-0.05, 0) is 7.05 Å². The Kier molecular flexibility index (Phi) is 5.67. The van der Waals surface area contributed by atoms with Crippen molar-refractivity contribution in [3.05, 3.63) is 0 Å². The molecule has 0 radical (unpaired) electrons. The molecule has 0 bridgehead atoms. The molecule has 0 aliphatic carbocycles. The van der Waals surface area contributed by atoms with Crippen LogP contribution in [0.15, 0.2) is 0 Å². The summed E-state index contributed by atoms with van der Waals surface area (Å²) in [4.78, 5) is 4.91. The minimum Gasteiger partial charge on any atom is -0.376 e. The van der Waals surface area contributed by atoms with Crippen molar-refractivity contribution < 1.29 is 9.47 Å². The van der Waals surface area contributed by atoms with E-state index in [1.807, 2.05) is 0 Å². The highest BCUT2D eigenvalue weighted by molar-refractivity contribution is 4.71. The quantitative estimate of drug-likeness (QED) is 0.642. The van der Waals surface area contributed by atoms with Crippen LogP contribution >= 0.6 is 0 Å². The number of ether oxygens (including phenoxy) is 2. The number of rotatable bonds is 5. The lowest BCUT2D eigenvalue weighted by Gasteiger charge is -2.32. The molecular formula is C12H25N3O2. The van der Waals surface area contributed by atoms with Crippen LogP contribution in [-0.2, 0) is 9.47 Å². The van der Waals surface area contributed by atoms with E-state index in [0.717, 1.165) is 39.5 Å². The number of nitrogens with one attached hydrogen (secondary N) is 1. The molecule has 2 aliphatic rings. The lowest BCUT2D eigenvalue weighted by atomic mass is 10.3. The summed E-state index contributed by atoms with van der Waals surface area (Å²) in [6, 6.07) is 0. The van der Waals surface area contributed by atoms with E-state index >= 15 is 0 Å². The fourth-order valence-electron chi connectivity index (χ4n) is 2.23. The Morgan fingerprint density at radius 3 is 2.71 bits per heavy atom. The molecule has 0 aromatic heterocycles. The first-order valence-electron chi connectivity index (χ1n) is 6.65. The smallest absolute Gasteiger partial charge is 0.0933 e. The van der Waals surface area contributed by atoms with E-state index in [0.29, 0.717) is 0 Å². The predicted octanol–water partition coefficient (Wildman–Crippen LogP) is -0.761. The third-order valence-corrected chi connectivity index (χ3v) is 3.46. The molecule has 17 heavy (non-hydrogen) atoms. The lowest BCUT2D eigenvalue weighted by molar-refractivity contribution is -0.0863. The first kappa shape index (κ1) is 13.2. The monoisotopic (exact) mass is 243 g/mol. The molecule has 2 fully saturated rings. The maximum absolute atomic E-state index is 5.58. The molecule has 0 aromatic carbocycles. The molecule has 1 atom stereocenters. The maximum Gasteiger partial charge on any atom is 0.0933 e. The second-order valence-electron chi connectivity index (χ2n) is 4.92. The molecule has 1 unspecified atom stereocenters. The van der Waals surface area contributed by atoms with E-state index < -0.39 is 0 Å². The Morgan fingerprint density at radius 2 is 2.00 bits per heavy atom. The van der Waals surface area contributed by atoms with Crippen molar-refractivity contribution in [2.24, 2.45) is 0 Å². The number of piperazine rings is 1. The number of hydrogen-bond acceptors (Lipinski definition) is 5. The number of nitrogens with zero attached hydrogens (tertiary/aromatic N) is 2. The van der Waals surface area contributed by atoms with Crippen LogP contribution in [0.3, 0.4) is 0 Å². The van der Waals surface area contributed by atoms with Crippen molar-refractivity contribution in [2.75, 3.05) is 72.7 Å². The van der Waals surface area contributed by atoms with Gasteiger partial charge in [0.25, 0.3) is 0 Å². The Balaban J connectivity index is 1.48. The molecule has 1 N–H and O–H groups in total. The Bertz CT molecular complexity index is 202. The van der Waals surface area contributed by atoms with Crippen molar-refractivity contribution in [1.29, 1.82) is 0 Å². The van der Waals surface area contributed by atoms with Gasteiger partial charge in [-0.2, -0.15) is 0 Å². The molecule has 0 aromatic rings. The van der Waals surface area contributed by atoms with Gasteiger partial charge in [0.15, 0.2) is 0 Å². The van der Waals surface area contributed by atoms with Gasteiger partial charge in [0.2, 0.25) is 0 Å². The Morgan fingerprint density at radius 1 is 1.18 bits per heavy atom. The van der Waals surface area contributed by atoms with Crippen LogP contribution in [0.4, 0.5) is 0 Å². The van der Waals surface area contributed by atoms with E-state index in [-0.39, 0.29) is 6.10 Å². The summed E-state index contributed by atoms with van der Waals surface area (Å²) in [5.41, 5.74) is 0. The van der Waals surface area contributed by atoms with Gasteiger partial charge < -0.3 is 19.7 Å². The van der Waals surface area contributed by atoms with Gasteiger partial charge >= 0.3 is 0 Å². The van der Waals surface area contributed by atoms with Gasteiger partial charge in [0.05, 0.1) is 25.9 Å². The highest BCUT2D eigenvalue weighted by atomic mass is 16.6. The van der Waals surface area contributed by atoms with Gasteiger partial charge in [-0.15, -0.1) is 0 Å². The van der Waals surface area contributed by atoms with Crippen molar-refractivity contribution >= 4 is 0 Å². The summed E-state index contributed by atoms with van der Waals surface area (Å²) in [7, 11) is 2.19. The first-order valence-corrected chi connectivity index (χ1v) is 6.65. The van der Waals surface area contributed by atoms with E-state index in [4.69, 9.17) is 9.47 Å². The zero-order chi connectivity index (χ0) is 11.9. The third kappa shape index (κ3) is 4.89. The average molecular weight is 243 g/mol. The third-order valence-electron chi connectivity index (χ3n) is 3.46. The largest absolute Gasteiger partial charge is 0.376 e. The second kappa shape index (κ2) is 7.28. The van der Waals surface area contributed by atoms with Crippen LogP contribution in [-0.4, -0.2) is 88.6 Å². The average Bonchev–Trinajstić information content (AvgIpc) is 2.38. The van der Waals surface area contributed by atoms with Crippen molar-refractivity contribution in [3.8, 4) is 0 Å². The van der Waals surface area contributed by atoms with E-state index in [9.17, 15) is 0 Å². The molecule has 2 heterocycles. The van der Waals surface area contributed by atoms with Crippen LogP contribution in [0.2, 0.25) is 0 Å². The van der Waals surface area contributed by atoms with Gasteiger partial charge in [0, 0.05) is 45.8 Å². The highest BCUT2D eigenvalue weighted by Crippen LogP contribution is 1.99. The highest BCUT2D eigenvalue weighted by Gasteiger charge is 2.15. The van der Waals surface area contributed by atoms with Gasteiger partial charge in [-0.25, -0.2) is 0 Å². The second-order valence-corrected chi connectivity index (χ2v) is 4.92. The summed E-state index contributed by atoms with van der Waals surface area (Å²) >= 11 is 0. The number of hydrogen-bond donors (Lipinski definition) is 1. The molecule has 0 saturated carbocycles. The molecular weight excluding hydrogens is 218 g/mol. The van der Waals surface area contributed by atoms with Crippen molar-refractivity contribution in [2.45, 2.75) is 6.10 Å². The van der Waals surface area contributed by atoms with Gasteiger partial charge in [0.1, 0.15) is 0 Å². The van der Waals surface area contributed by atoms with E-state index in [2.05, 4.69) is 22.2 Å². The molecule has 100 valence electrons. The lowest BCUT2D eigenvalue weighted by Crippen LogP contribution is -2.47. The van der Waals surface area contributed by atoms with Crippen molar-refractivity contribution in [3.63, 3.8) is 0 Å². The summed E-state index contributed by atoms with van der Waals surface area (Å²) in [6.07, 6.45) is 0.247. The number of likely N-dealkylation sites (N-methyl/N-ethyl adjacent to an activating group) is 1. The molecule has 2 aliphatic heterocycles. The fourth-order valence-corrected chi connectivity index (χ4v) is 2.23. The molecule has 2 rings (SSSR count). The summed E-state index contributed by atoms with van der Waals surface area (Å²) in [6.45, 7) is 10.1. The zero-order valence-electron chi connectivity index (χ0n) is 10.9. The van der Waals surface area contributed by atoms with E-state index in [1.165, 1.54) is 26.2 Å². The van der Waals surface area contributed by atoms with Crippen LogP contribution < -0.4 is 5.32 Å². The van der Waals surface area contributed by atoms with Gasteiger partial charge in [-0.3, -0.25) is 4.90 Å². The fraction of sp³-hybridized carbons (Fsp3) is 1.00. The molecule has 0 spiro atoms. The standard InChI is InChI=1S/C12H25N3O2/c1-14-4-6-15(7-5-14)3-2-13-10-12-11-16-8-9-17-12/h12-13H,2-11H2,1H3. The van der Waals surface area contributed by atoms with Crippen LogP contribution in [0.1, 0.15) is 0 Å². The SMILES string of the molecule is CN1CCN(CCNCC2COCCO2)CC1. The van der Waals surface area contributed by atoms with Crippen LogP contribution in [0.5, 0.6) is 0 Å². The Labute approximate surface area is 104 Å². The van der Waals surface area contributed by atoms with Gasteiger partial charge in [-0.1, -0.05) is 0 Å². The molecule has 5 heteroatoms. The normalized spacial score (nSPS) is 28.4. The first-order chi connectivity index (χ1) is 8.34. The van der Waals surface area contributed by atoms with Crippen LogP contribution in [0, 0.1) is 0 Å². The molecule has 0 amide bonds. The topological polar surface area (TPSA) is 37.0 Å². The minimum atomic E-state index is 0.247. The molecule has 5 nitrogen and oxygen atoms in total. The van der Waals surface area contributed by atoms with Crippen molar-refractivity contribution in [1.82, 2.24) is 15.1 Å². The summed E-state index contributed by atoms with van der Waals surface area (Å²) in [5.74, 6) is 0. The summed E-state index contributed by atoms with van der Waals surface area (Å²) in [5, 5.41) is 3.45.